The Kier molecular flexibility index (Phi) is 4.89. The molecule has 1 aromatic heterocycles. The van der Waals surface area contributed by atoms with Crippen LogP contribution in [0.1, 0.15) is 16.7 Å². The number of hydrogen-bond donors (Lipinski definition) is 1. The van der Waals surface area contributed by atoms with Crippen LogP contribution in [0.5, 0.6) is 0 Å². The van der Waals surface area contributed by atoms with Gasteiger partial charge in [-0.15, -0.1) is 0 Å². The van der Waals surface area contributed by atoms with E-state index in [1.807, 2.05) is 12.1 Å². The molecule has 142 valence electrons. The van der Waals surface area contributed by atoms with Gasteiger partial charge >= 0.3 is 0 Å². The SMILES string of the molecule is O=[N+]([O-])c1ccc(F)cc1NCc1ccc(N2CCc3ccccc3C2)nc1. The van der Waals surface area contributed by atoms with E-state index >= 15 is 0 Å². The summed E-state index contributed by atoms with van der Waals surface area (Å²) in [6.45, 7) is 2.06. The van der Waals surface area contributed by atoms with Gasteiger partial charge in [-0.05, 0) is 35.2 Å². The van der Waals surface area contributed by atoms with Gasteiger partial charge in [0.05, 0.1) is 4.92 Å². The number of rotatable bonds is 5. The summed E-state index contributed by atoms with van der Waals surface area (Å²) in [6.07, 6.45) is 2.73. The lowest BCUT2D eigenvalue weighted by molar-refractivity contribution is -0.384. The highest BCUT2D eigenvalue weighted by molar-refractivity contribution is 5.61. The number of nitro benzene ring substituents is 1. The summed E-state index contributed by atoms with van der Waals surface area (Å²) >= 11 is 0. The summed E-state index contributed by atoms with van der Waals surface area (Å²) in [7, 11) is 0. The van der Waals surface area contributed by atoms with Crippen LogP contribution < -0.4 is 10.2 Å². The predicted octanol–water partition coefficient (Wildman–Crippen LogP) is 4.30. The first-order chi connectivity index (χ1) is 13.6. The van der Waals surface area contributed by atoms with Crippen LogP contribution in [-0.4, -0.2) is 16.5 Å². The van der Waals surface area contributed by atoms with Crippen LogP contribution in [0.3, 0.4) is 0 Å². The largest absolute Gasteiger partial charge is 0.375 e. The zero-order chi connectivity index (χ0) is 19.5. The average molecular weight is 378 g/mol. The van der Waals surface area contributed by atoms with Crippen molar-refractivity contribution in [2.45, 2.75) is 19.5 Å². The summed E-state index contributed by atoms with van der Waals surface area (Å²) in [6, 6.07) is 15.7. The number of anilines is 2. The second-order valence-corrected chi connectivity index (χ2v) is 6.74. The number of aromatic nitrogens is 1. The van der Waals surface area contributed by atoms with Gasteiger partial charge in [0.15, 0.2) is 0 Å². The maximum Gasteiger partial charge on any atom is 0.292 e. The Morgan fingerprint density at radius 1 is 1.14 bits per heavy atom. The first kappa shape index (κ1) is 17.9. The lowest BCUT2D eigenvalue weighted by atomic mass is 10.00. The fourth-order valence-electron chi connectivity index (χ4n) is 3.41. The molecule has 0 bridgehead atoms. The molecule has 6 nitrogen and oxygen atoms in total. The van der Waals surface area contributed by atoms with E-state index in [9.17, 15) is 14.5 Å². The predicted molar refractivity (Wildman–Crippen MR) is 106 cm³/mol. The van der Waals surface area contributed by atoms with Gasteiger partial charge in [0, 0.05) is 38.0 Å². The maximum atomic E-state index is 13.4. The van der Waals surface area contributed by atoms with Gasteiger partial charge < -0.3 is 10.2 Å². The number of benzene rings is 2. The maximum absolute atomic E-state index is 13.4. The molecular formula is C21H19FN4O2. The van der Waals surface area contributed by atoms with Crippen LogP contribution in [0.15, 0.2) is 60.8 Å². The molecule has 1 aliphatic heterocycles. The van der Waals surface area contributed by atoms with Crippen molar-refractivity contribution >= 4 is 17.2 Å². The molecule has 4 rings (SSSR count). The number of nitrogens with zero attached hydrogens (tertiary/aromatic N) is 3. The Hall–Kier alpha value is -3.48. The van der Waals surface area contributed by atoms with Crippen LogP contribution in [-0.2, 0) is 19.5 Å². The van der Waals surface area contributed by atoms with Gasteiger partial charge in [-0.3, -0.25) is 10.1 Å². The zero-order valence-electron chi connectivity index (χ0n) is 15.1. The highest BCUT2D eigenvalue weighted by Crippen LogP contribution is 2.26. The number of nitrogens with one attached hydrogen (secondary N) is 1. The van der Waals surface area contributed by atoms with Crippen molar-refractivity contribution in [3.8, 4) is 0 Å². The van der Waals surface area contributed by atoms with Crippen molar-refractivity contribution in [2.24, 2.45) is 0 Å². The summed E-state index contributed by atoms with van der Waals surface area (Å²) < 4.78 is 13.4. The van der Waals surface area contributed by atoms with E-state index in [0.29, 0.717) is 6.54 Å². The van der Waals surface area contributed by atoms with Gasteiger partial charge in [-0.1, -0.05) is 30.3 Å². The molecule has 0 fully saturated rings. The van der Waals surface area contributed by atoms with Crippen LogP contribution in [0.4, 0.5) is 21.6 Å². The number of halogens is 1. The molecule has 28 heavy (non-hydrogen) atoms. The molecule has 0 unspecified atom stereocenters. The fraction of sp³-hybridized carbons (Fsp3) is 0.190. The van der Waals surface area contributed by atoms with Crippen molar-refractivity contribution < 1.29 is 9.31 Å². The second-order valence-electron chi connectivity index (χ2n) is 6.74. The van der Waals surface area contributed by atoms with Crippen LogP contribution in [0.2, 0.25) is 0 Å². The molecule has 0 saturated carbocycles. The summed E-state index contributed by atoms with van der Waals surface area (Å²) in [5, 5.41) is 14.0. The Balaban J connectivity index is 1.44. The zero-order valence-corrected chi connectivity index (χ0v) is 15.1. The number of nitro groups is 1. The minimum Gasteiger partial charge on any atom is -0.375 e. The number of hydrogen-bond acceptors (Lipinski definition) is 5. The lowest BCUT2D eigenvalue weighted by Gasteiger charge is -2.29. The first-order valence-electron chi connectivity index (χ1n) is 9.04. The molecule has 0 saturated heterocycles. The van der Waals surface area contributed by atoms with Crippen LogP contribution in [0.25, 0.3) is 0 Å². The minimum absolute atomic E-state index is 0.154. The molecule has 7 heteroatoms. The highest BCUT2D eigenvalue weighted by atomic mass is 19.1. The first-order valence-corrected chi connectivity index (χ1v) is 9.04. The van der Waals surface area contributed by atoms with Crippen molar-refractivity contribution in [3.63, 3.8) is 0 Å². The molecule has 3 aromatic rings. The average Bonchev–Trinajstić information content (AvgIpc) is 2.72. The van der Waals surface area contributed by atoms with Gasteiger partial charge in [-0.25, -0.2) is 9.37 Å². The van der Waals surface area contributed by atoms with Crippen molar-refractivity contribution in [1.29, 1.82) is 0 Å². The Labute approximate surface area is 161 Å². The van der Waals surface area contributed by atoms with Crippen LogP contribution >= 0.6 is 0 Å². The van der Waals surface area contributed by atoms with Crippen LogP contribution in [0, 0.1) is 15.9 Å². The molecular weight excluding hydrogens is 359 g/mol. The standard InChI is InChI=1S/C21H19FN4O2/c22-18-6-7-20(26(27)28)19(11-18)23-12-15-5-8-21(24-13-15)25-10-9-16-3-1-2-4-17(16)14-25/h1-8,11,13,23H,9-10,12,14H2. The Morgan fingerprint density at radius 3 is 2.71 bits per heavy atom. The van der Waals surface area contributed by atoms with Gasteiger partial charge in [0.25, 0.3) is 5.69 Å². The van der Waals surface area contributed by atoms with E-state index in [2.05, 4.69) is 39.5 Å². The third-order valence-corrected chi connectivity index (χ3v) is 4.90. The Morgan fingerprint density at radius 2 is 1.96 bits per heavy atom. The third kappa shape index (κ3) is 3.78. The van der Waals surface area contributed by atoms with E-state index in [0.717, 1.165) is 49.1 Å². The molecule has 1 aliphatic rings. The van der Waals surface area contributed by atoms with Gasteiger partial charge in [0.2, 0.25) is 0 Å². The second kappa shape index (κ2) is 7.64. The number of fused-ring (bicyclic) bond motifs is 1. The Bertz CT molecular complexity index is 1010. The van der Waals surface area contributed by atoms with Gasteiger partial charge in [-0.2, -0.15) is 0 Å². The molecule has 0 radical (unpaired) electrons. The van der Waals surface area contributed by atoms with E-state index in [1.165, 1.54) is 11.1 Å². The monoisotopic (exact) mass is 378 g/mol. The van der Waals surface area contributed by atoms with Crippen molar-refractivity contribution in [3.05, 3.63) is 93.4 Å². The van der Waals surface area contributed by atoms with E-state index in [4.69, 9.17) is 0 Å². The van der Waals surface area contributed by atoms with E-state index in [-0.39, 0.29) is 11.4 Å². The summed E-state index contributed by atoms with van der Waals surface area (Å²) in [5.74, 6) is 0.377. The third-order valence-electron chi connectivity index (χ3n) is 4.90. The van der Waals surface area contributed by atoms with Crippen molar-refractivity contribution in [1.82, 2.24) is 4.98 Å². The topological polar surface area (TPSA) is 71.3 Å². The lowest BCUT2D eigenvalue weighted by Crippen LogP contribution is -2.30. The fourth-order valence-corrected chi connectivity index (χ4v) is 3.41. The van der Waals surface area contributed by atoms with E-state index in [1.54, 1.807) is 6.20 Å². The van der Waals surface area contributed by atoms with E-state index < -0.39 is 10.7 Å². The molecule has 1 N–H and O–H groups in total. The van der Waals surface area contributed by atoms with Crippen molar-refractivity contribution in [2.75, 3.05) is 16.8 Å². The summed E-state index contributed by atoms with van der Waals surface area (Å²) in [4.78, 5) is 17.3. The highest BCUT2D eigenvalue weighted by Gasteiger charge is 2.17. The summed E-state index contributed by atoms with van der Waals surface area (Å²) in [5.41, 5.74) is 3.57. The smallest absolute Gasteiger partial charge is 0.292 e. The minimum atomic E-state index is -0.530. The van der Waals surface area contributed by atoms with Gasteiger partial charge in [0.1, 0.15) is 17.3 Å². The molecule has 0 atom stereocenters. The normalized spacial score (nSPS) is 13.1. The number of pyridine rings is 1. The molecule has 2 heterocycles. The molecule has 0 spiro atoms. The molecule has 0 aliphatic carbocycles. The molecule has 2 aromatic carbocycles. The quantitative estimate of drug-likeness (QED) is 0.529. The molecule has 0 amide bonds.